The predicted octanol–water partition coefficient (Wildman–Crippen LogP) is 2.52. The molecular formula is C23H34N3O4P. The molecule has 7 N–H and O–H groups in total. The van der Waals surface area contributed by atoms with Gasteiger partial charge < -0.3 is 26.6 Å². The molecule has 2 atom stereocenters. The smallest absolute Gasteiger partial charge is 0.329 e. The standard InChI is InChI=1S/C23H34N3O4P/c24-15-16-26-17-21(25)22(30-31(27,28)29)18-11-13-23(14-12-18,19-7-3-1-4-8-19)20-9-5-2-6-10-20/h1-10,18,21-22,26H,11-17,24-25H2,(H2,27,28,29)/t21-,22?/m1/s1. The Morgan fingerprint density at radius 1 is 1.03 bits per heavy atom. The van der Waals surface area contributed by atoms with Gasteiger partial charge in [0.2, 0.25) is 0 Å². The number of phosphoric ester groups is 1. The second-order valence-electron chi connectivity index (χ2n) is 8.37. The molecule has 0 aliphatic heterocycles. The van der Waals surface area contributed by atoms with E-state index in [1.165, 1.54) is 11.1 Å². The predicted molar refractivity (Wildman–Crippen MR) is 122 cm³/mol. The van der Waals surface area contributed by atoms with Gasteiger partial charge in [-0.25, -0.2) is 4.57 Å². The number of benzene rings is 2. The highest BCUT2D eigenvalue weighted by Gasteiger charge is 2.43. The van der Waals surface area contributed by atoms with E-state index >= 15 is 0 Å². The molecule has 0 spiro atoms. The van der Waals surface area contributed by atoms with Gasteiger partial charge in [0.25, 0.3) is 0 Å². The molecule has 0 bridgehead atoms. The van der Waals surface area contributed by atoms with Crippen LogP contribution in [0.25, 0.3) is 0 Å². The minimum Gasteiger partial charge on any atom is -0.329 e. The molecule has 7 nitrogen and oxygen atoms in total. The van der Waals surface area contributed by atoms with Crippen LogP contribution in [0, 0.1) is 5.92 Å². The first kappa shape index (κ1) is 24.1. The lowest BCUT2D eigenvalue weighted by atomic mass is 9.62. The molecule has 1 fully saturated rings. The van der Waals surface area contributed by atoms with Gasteiger partial charge in [0.15, 0.2) is 0 Å². The van der Waals surface area contributed by atoms with Crippen LogP contribution < -0.4 is 16.8 Å². The van der Waals surface area contributed by atoms with Crippen molar-refractivity contribution < 1.29 is 18.9 Å². The number of hydrogen-bond acceptors (Lipinski definition) is 5. The van der Waals surface area contributed by atoms with E-state index in [1.807, 2.05) is 12.1 Å². The van der Waals surface area contributed by atoms with Gasteiger partial charge in [-0.05, 0) is 42.7 Å². The number of hydrogen-bond donors (Lipinski definition) is 5. The lowest BCUT2D eigenvalue weighted by molar-refractivity contribution is 0.0445. The van der Waals surface area contributed by atoms with E-state index in [4.69, 9.17) is 16.0 Å². The summed E-state index contributed by atoms with van der Waals surface area (Å²) < 4.78 is 16.9. The summed E-state index contributed by atoms with van der Waals surface area (Å²) in [7, 11) is -4.66. The normalized spacial score (nSPS) is 19.1. The monoisotopic (exact) mass is 447 g/mol. The second kappa shape index (κ2) is 10.8. The SMILES string of the molecule is NCCNC[C@@H](N)C(OP(=O)(O)O)C1CCC(c2ccccc2)(c2ccccc2)CC1. The summed E-state index contributed by atoms with van der Waals surface area (Å²) in [6, 6.07) is 20.4. The minimum absolute atomic E-state index is 0.0390. The third-order valence-electron chi connectivity index (χ3n) is 6.38. The third-order valence-corrected chi connectivity index (χ3v) is 6.90. The molecule has 0 aromatic heterocycles. The van der Waals surface area contributed by atoms with Gasteiger partial charge in [-0.2, -0.15) is 0 Å². The highest BCUT2D eigenvalue weighted by atomic mass is 31.2. The van der Waals surface area contributed by atoms with Gasteiger partial charge in [0.05, 0.1) is 6.10 Å². The zero-order valence-electron chi connectivity index (χ0n) is 17.8. The van der Waals surface area contributed by atoms with E-state index in [2.05, 4.69) is 53.8 Å². The summed E-state index contributed by atoms with van der Waals surface area (Å²) in [6.45, 7) is 1.45. The molecule has 1 aliphatic rings. The Hall–Kier alpha value is -1.57. The summed E-state index contributed by atoms with van der Waals surface area (Å²) in [4.78, 5) is 19.0. The Balaban J connectivity index is 1.82. The minimum atomic E-state index is -4.66. The maximum atomic E-state index is 11.7. The molecule has 8 heteroatoms. The van der Waals surface area contributed by atoms with Crippen molar-refractivity contribution in [2.24, 2.45) is 17.4 Å². The quantitative estimate of drug-likeness (QED) is 0.279. The molecule has 0 amide bonds. The summed E-state index contributed by atoms with van der Waals surface area (Å²) in [6.07, 6.45) is 2.51. The largest absolute Gasteiger partial charge is 0.469 e. The Morgan fingerprint density at radius 3 is 2.00 bits per heavy atom. The van der Waals surface area contributed by atoms with Crippen molar-refractivity contribution in [3.8, 4) is 0 Å². The lowest BCUT2D eigenvalue weighted by Crippen LogP contribution is -2.50. The maximum Gasteiger partial charge on any atom is 0.469 e. The fraction of sp³-hybridized carbons (Fsp3) is 0.478. The summed E-state index contributed by atoms with van der Waals surface area (Å²) in [5.41, 5.74) is 14.2. The average molecular weight is 448 g/mol. The van der Waals surface area contributed by atoms with Crippen LogP contribution in [-0.2, 0) is 14.5 Å². The Kier molecular flexibility index (Phi) is 8.42. The molecule has 3 rings (SSSR count). The van der Waals surface area contributed by atoms with Crippen LogP contribution in [0.1, 0.15) is 36.8 Å². The molecule has 0 saturated heterocycles. The topological polar surface area (TPSA) is 131 Å². The Morgan fingerprint density at radius 2 is 1.55 bits per heavy atom. The highest BCUT2D eigenvalue weighted by molar-refractivity contribution is 7.46. The van der Waals surface area contributed by atoms with E-state index < -0.39 is 20.0 Å². The summed E-state index contributed by atoms with van der Waals surface area (Å²) >= 11 is 0. The van der Waals surface area contributed by atoms with E-state index in [0.29, 0.717) is 19.6 Å². The number of nitrogens with one attached hydrogen (secondary N) is 1. The van der Waals surface area contributed by atoms with Gasteiger partial charge in [-0.15, -0.1) is 0 Å². The van der Waals surface area contributed by atoms with Gasteiger partial charge in [0.1, 0.15) is 0 Å². The van der Waals surface area contributed by atoms with Crippen molar-refractivity contribution in [1.29, 1.82) is 0 Å². The van der Waals surface area contributed by atoms with Crippen LogP contribution in [0.2, 0.25) is 0 Å². The molecule has 0 heterocycles. The molecule has 2 aromatic rings. The molecule has 1 saturated carbocycles. The second-order valence-corrected chi connectivity index (χ2v) is 9.56. The first-order valence-corrected chi connectivity index (χ1v) is 12.4. The van der Waals surface area contributed by atoms with Crippen molar-refractivity contribution >= 4 is 7.82 Å². The van der Waals surface area contributed by atoms with Crippen LogP contribution in [0.5, 0.6) is 0 Å². The van der Waals surface area contributed by atoms with E-state index in [-0.39, 0.29) is 11.3 Å². The molecule has 2 aromatic carbocycles. The Labute approximate surface area is 184 Å². The fourth-order valence-corrected chi connectivity index (χ4v) is 5.52. The van der Waals surface area contributed by atoms with E-state index in [9.17, 15) is 14.4 Å². The lowest BCUT2D eigenvalue weighted by Gasteiger charge is -2.44. The van der Waals surface area contributed by atoms with Gasteiger partial charge in [-0.1, -0.05) is 60.7 Å². The summed E-state index contributed by atoms with van der Waals surface area (Å²) in [5, 5.41) is 3.13. The number of phosphoric acid groups is 1. The molecule has 170 valence electrons. The van der Waals surface area contributed by atoms with E-state index in [1.54, 1.807) is 0 Å². The molecular weight excluding hydrogens is 413 g/mol. The van der Waals surface area contributed by atoms with Gasteiger partial charge in [-0.3, -0.25) is 4.52 Å². The van der Waals surface area contributed by atoms with Crippen LogP contribution in [0.3, 0.4) is 0 Å². The molecule has 31 heavy (non-hydrogen) atoms. The van der Waals surface area contributed by atoms with Gasteiger partial charge >= 0.3 is 7.82 Å². The van der Waals surface area contributed by atoms with Crippen molar-refractivity contribution in [2.75, 3.05) is 19.6 Å². The number of rotatable bonds is 10. The van der Waals surface area contributed by atoms with Crippen molar-refractivity contribution in [3.05, 3.63) is 71.8 Å². The Bertz CT molecular complexity index is 797. The third kappa shape index (κ3) is 6.24. The zero-order valence-corrected chi connectivity index (χ0v) is 18.7. The van der Waals surface area contributed by atoms with Crippen LogP contribution in [0.15, 0.2) is 60.7 Å². The number of nitrogens with two attached hydrogens (primary N) is 2. The summed E-state index contributed by atoms with van der Waals surface area (Å²) in [5.74, 6) is -0.0390. The maximum absolute atomic E-state index is 11.7. The molecule has 1 aliphatic carbocycles. The molecule has 1 unspecified atom stereocenters. The average Bonchev–Trinajstić information content (AvgIpc) is 2.78. The van der Waals surface area contributed by atoms with E-state index in [0.717, 1.165) is 25.7 Å². The highest BCUT2D eigenvalue weighted by Crippen LogP contribution is 2.49. The fourth-order valence-electron chi connectivity index (χ4n) is 4.88. The van der Waals surface area contributed by atoms with Crippen molar-refractivity contribution in [1.82, 2.24) is 5.32 Å². The first-order chi connectivity index (χ1) is 14.9. The van der Waals surface area contributed by atoms with Crippen molar-refractivity contribution in [3.63, 3.8) is 0 Å². The van der Waals surface area contributed by atoms with Crippen molar-refractivity contribution in [2.45, 2.75) is 43.2 Å². The van der Waals surface area contributed by atoms with Gasteiger partial charge in [0, 0.05) is 31.1 Å². The molecule has 0 radical (unpaired) electrons. The van der Waals surface area contributed by atoms with Crippen LogP contribution in [0.4, 0.5) is 0 Å². The van der Waals surface area contributed by atoms with Crippen LogP contribution >= 0.6 is 7.82 Å². The zero-order chi connectivity index (χ0) is 22.3. The van der Waals surface area contributed by atoms with Crippen LogP contribution in [-0.4, -0.2) is 41.6 Å². The first-order valence-electron chi connectivity index (χ1n) is 10.9.